The van der Waals surface area contributed by atoms with E-state index in [2.05, 4.69) is 13.0 Å². The predicted molar refractivity (Wildman–Crippen MR) is 54.9 cm³/mol. The second kappa shape index (κ2) is 5.16. The van der Waals surface area contributed by atoms with Crippen molar-refractivity contribution < 1.29 is 0 Å². The number of hydrogen-bond acceptors (Lipinski definition) is 1. The molecule has 1 rings (SSSR count). The summed E-state index contributed by atoms with van der Waals surface area (Å²) in [5, 5.41) is 8.60. The van der Waals surface area contributed by atoms with Crippen molar-refractivity contribution in [3.05, 3.63) is 42.0 Å². The molecular formula is C12H13N. The lowest BCUT2D eigenvalue weighted by Crippen LogP contribution is -1.82. The molecule has 0 aliphatic rings. The molecule has 1 aromatic carbocycles. The van der Waals surface area contributed by atoms with Crippen molar-refractivity contribution in [3.63, 3.8) is 0 Å². The Hall–Kier alpha value is -1.55. The average molecular weight is 171 g/mol. The van der Waals surface area contributed by atoms with Crippen LogP contribution < -0.4 is 0 Å². The van der Waals surface area contributed by atoms with Crippen LogP contribution in [0.15, 0.2) is 36.4 Å². The molecule has 0 aliphatic heterocycles. The molecule has 0 fully saturated rings. The summed E-state index contributed by atoms with van der Waals surface area (Å²) in [7, 11) is 0. The lowest BCUT2D eigenvalue weighted by Gasteiger charge is -2.03. The zero-order valence-electron chi connectivity index (χ0n) is 7.83. The molecule has 0 radical (unpaired) electrons. The first-order valence-electron chi connectivity index (χ1n) is 4.52. The van der Waals surface area contributed by atoms with Crippen LogP contribution in [0, 0.1) is 11.3 Å². The van der Waals surface area contributed by atoms with Gasteiger partial charge in [0.15, 0.2) is 0 Å². The highest BCUT2D eigenvalue weighted by atomic mass is 14.2. The van der Waals surface area contributed by atoms with Crippen LogP contribution in [0.3, 0.4) is 0 Å². The predicted octanol–water partition coefficient (Wildman–Crippen LogP) is 3.39. The molecule has 0 unspecified atom stereocenters. The van der Waals surface area contributed by atoms with E-state index in [0.717, 1.165) is 24.0 Å². The van der Waals surface area contributed by atoms with Crippen LogP contribution >= 0.6 is 0 Å². The highest BCUT2D eigenvalue weighted by molar-refractivity contribution is 5.67. The number of rotatable bonds is 3. The van der Waals surface area contributed by atoms with Crippen LogP contribution in [0.25, 0.3) is 5.57 Å². The summed E-state index contributed by atoms with van der Waals surface area (Å²) in [6.07, 6.45) is 3.68. The minimum absolute atomic E-state index is 0.970. The maximum Gasteiger partial charge on any atom is 0.0915 e. The van der Waals surface area contributed by atoms with Gasteiger partial charge >= 0.3 is 0 Å². The van der Waals surface area contributed by atoms with Crippen molar-refractivity contribution in [1.82, 2.24) is 0 Å². The topological polar surface area (TPSA) is 23.8 Å². The maximum absolute atomic E-state index is 8.60. The number of nitrogens with zero attached hydrogens (tertiary/aromatic N) is 1. The summed E-state index contributed by atoms with van der Waals surface area (Å²) < 4.78 is 0. The van der Waals surface area contributed by atoms with Crippen LogP contribution in [0.1, 0.15) is 25.3 Å². The van der Waals surface area contributed by atoms with E-state index in [1.165, 1.54) is 0 Å². The Bertz CT molecular complexity index is 317. The number of nitriles is 1. The number of allylic oxidation sites excluding steroid dienone is 2. The smallest absolute Gasteiger partial charge is 0.0915 e. The quantitative estimate of drug-likeness (QED) is 0.639. The van der Waals surface area contributed by atoms with Crippen molar-refractivity contribution in [1.29, 1.82) is 5.26 Å². The van der Waals surface area contributed by atoms with Gasteiger partial charge in [-0.1, -0.05) is 43.7 Å². The van der Waals surface area contributed by atoms with E-state index in [0.29, 0.717) is 0 Å². The van der Waals surface area contributed by atoms with E-state index in [1.54, 1.807) is 6.08 Å². The zero-order chi connectivity index (χ0) is 9.52. The molecule has 0 amide bonds. The molecule has 13 heavy (non-hydrogen) atoms. The van der Waals surface area contributed by atoms with Gasteiger partial charge in [0.2, 0.25) is 0 Å². The van der Waals surface area contributed by atoms with Crippen LogP contribution in [0.4, 0.5) is 0 Å². The summed E-state index contributed by atoms with van der Waals surface area (Å²) in [6, 6.07) is 12.1. The Morgan fingerprint density at radius 2 is 2.08 bits per heavy atom. The van der Waals surface area contributed by atoms with E-state index < -0.39 is 0 Å². The molecule has 1 nitrogen and oxygen atoms in total. The third-order valence-corrected chi connectivity index (χ3v) is 1.90. The van der Waals surface area contributed by atoms with Crippen LogP contribution in [0.2, 0.25) is 0 Å². The average Bonchev–Trinajstić information content (AvgIpc) is 2.19. The zero-order valence-corrected chi connectivity index (χ0v) is 7.83. The minimum Gasteiger partial charge on any atom is -0.193 e. The molecular weight excluding hydrogens is 158 g/mol. The second-order valence-electron chi connectivity index (χ2n) is 2.91. The van der Waals surface area contributed by atoms with Crippen LogP contribution in [0.5, 0.6) is 0 Å². The Kier molecular flexibility index (Phi) is 3.78. The Balaban J connectivity index is 2.91. The maximum atomic E-state index is 8.60. The fraction of sp³-hybridized carbons (Fsp3) is 0.250. The van der Waals surface area contributed by atoms with Gasteiger partial charge in [0.25, 0.3) is 0 Å². The molecule has 0 saturated carbocycles. The highest BCUT2D eigenvalue weighted by Crippen LogP contribution is 2.18. The third kappa shape index (κ3) is 2.76. The molecule has 0 spiro atoms. The van der Waals surface area contributed by atoms with Gasteiger partial charge < -0.3 is 0 Å². The fourth-order valence-corrected chi connectivity index (χ4v) is 1.30. The summed E-state index contributed by atoms with van der Waals surface area (Å²) in [5.74, 6) is 0. The largest absolute Gasteiger partial charge is 0.193 e. The van der Waals surface area contributed by atoms with Gasteiger partial charge in [-0.2, -0.15) is 5.26 Å². The van der Waals surface area contributed by atoms with E-state index in [1.807, 2.05) is 30.3 Å². The Labute approximate surface area is 79.3 Å². The van der Waals surface area contributed by atoms with Gasteiger partial charge in [-0.05, 0) is 17.6 Å². The minimum atomic E-state index is 0.970. The van der Waals surface area contributed by atoms with E-state index in [9.17, 15) is 0 Å². The number of benzene rings is 1. The van der Waals surface area contributed by atoms with Crippen molar-refractivity contribution in [2.45, 2.75) is 19.8 Å². The Morgan fingerprint density at radius 3 is 2.62 bits per heavy atom. The van der Waals surface area contributed by atoms with Gasteiger partial charge in [-0.25, -0.2) is 0 Å². The van der Waals surface area contributed by atoms with Crippen molar-refractivity contribution in [2.24, 2.45) is 0 Å². The van der Waals surface area contributed by atoms with E-state index >= 15 is 0 Å². The normalized spacial score (nSPS) is 10.9. The molecule has 0 aromatic heterocycles. The highest BCUT2D eigenvalue weighted by Gasteiger charge is 1.98. The van der Waals surface area contributed by atoms with Crippen molar-refractivity contribution >= 4 is 5.57 Å². The molecule has 0 bridgehead atoms. The molecule has 66 valence electrons. The van der Waals surface area contributed by atoms with Crippen molar-refractivity contribution in [3.8, 4) is 6.07 Å². The van der Waals surface area contributed by atoms with E-state index in [-0.39, 0.29) is 0 Å². The van der Waals surface area contributed by atoms with Crippen molar-refractivity contribution in [2.75, 3.05) is 0 Å². The second-order valence-corrected chi connectivity index (χ2v) is 2.91. The van der Waals surface area contributed by atoms with E-state index in [4.69, 9.17) is 5.26 Å². The first-order chi connectivity index (χ1) is 6.38. The van der Waals surface area contributed by atoms with Gasteiger partial charge in [0, 0.05) is 6.08 Å². The fourth-order valence-electron chi connectivity index (χ4n) is 1.30. The van der Waals surface area contributed by atoms with Crippen LogP contribution in [-0.4, -0.2) is 0 Å². The monoisotopic (exact) mass is 171 g/mol. The third-order valence-electron chi connectivity index (χ3n) is 1.90. The molecule has 0 saturated heterocycles. The van der Waals surface area contributed by atoms with Gasteiger partial charge in [-0.3, -0.25) is 0 Å². The summed E-state index contributed by atoms with van der Waals surface area (Å²) in [5.41, 5.74) is 2.29. The first-order valence-corrected chi connectivity index (χ1v) is 4.52. The van der Waals surface area contributed by atoms with Crippen LogP contribution in [-0.2, 0) is 0 Å². The Morgan fingerprint density at radius 1 is 1.38 bits per heavy atom. The lowest BCUT2D eigenvalue weighted by atomic mass is 10.0. The molecule has 0 N–H and O–H groups in total. The van der Waals surface area contributed by atoms with Gasteiger partial charge in [0.05, 0.1) is 6.07 Å². The molecule has 0 aliphatic carbocycles. The lowest BCUT2D eigenvalue weighted by molar-refractivity contribution is 0.973. The molecule has 1 aromatic rings. The first kappa shape index (κ1) is 9.54. The summed E-state index contributed by atoms with van der Waals surface area (Å²) >= 11 is 0. The molecule has 0 heterocycles. The number of hydrogen-bond donors (Lipinski definition) is 0. The molecule has 0 atom stereocenters. The van der Waals surface area contributed by atoms with Gasteiger partial charge in [-0.15, -0.1) is 0 Å². The SMILES string of the molecule is CCC/C(=C\C#N)c1ccccc1. The molecule has 1 heteroatoms. The summed E-state index contributed by atoms with van der Waals surface area (Å²) in [6.45, 7) is 2.12. The standard InChI is InChI=1S/C12H13N/c1-2-6-11(9-10-13)12-7-4-3-5-8-12/h3-5,7-9H,2,6H2,1H3/b11-9+. The summed E-state index contributed by atoms with van der Waals surface area (Å²) in [4.78, 5) is 0. The van der Waals surface area contributed by atoms with Gasteiger partial charge in [0.1, 0.15) is 0 Å².